The van der Waals surface area contributed by atoms with E-state index in [1.54, 1.807) is 12.1 Å². The maximum absolute atomic E-state index is 14.4. The van der Waals surface area contributed by atoms with Crippen molar-refractivity contribution in [3.63, 3.8) is 0 Å². The number of hydrogen-bond acceptors (Lipinski definition) is 2. The Kier molecular flexibility index (Phi) is 6.30. The van der Waals surface area contributed by atoms with Crippen LogP contribution in [0, 0.1) is 25.5 Å². The first-order valence-corrected chi connectivity index (χ1v) is 9.88. The van der Waals surface area contributed by atoms with E-state index in [-0.39, 0.29) is 30.5 Å². The molecule has 1 aliphatic carbocycles. The molecule has 0 unspecified atom stereocenters. The molecule has 6 heteroatoms. The summed E-state index contributed by atoms with van der Waals surface area (Å²) >= 11 is 0. The third-order valence-electron chi connectivity index (χ3n) is 5.57. The van der Waals surface area contributed by atoms with E-state index < -0.39 is 17.0 Å². The fraction of sp³-hybridized carbons (Fsp3) is 0.391. The van der Waals surface area contributed by atoms with Gasteiger partial charge in [-0.3, -0.25) is 9.59 Å². The molecule has 0 heterocycles. The van der Waals surface area contributed by atoms with E-state index in [4.69, 9.17) is 0 Å². The molecule has 4 nitrogen and oxygen atoms in total. The lowest BCUT2D eigenvalue weighted by molar-refractivity contribution is -0.120. The van der Waals surface area contributed by atoms with Crippen molar-refractivity contribution in [2.24, 2.45) is 0 Å². The first-order chi connectivity index (χ1) is 13.8. The van der Waals surface area contributed by atoms with Crippen LogP contribution in [0.25, 0.3) is 0 Å². The monoisotopic (exact) mass is 400 g/mol. The first-order valence-electron chi connectivity index (χ1n) is 9.88. The summed E-state index contributed by atoms with van der Waals surface area (Å²) in [6, 6.07) is 9.34. The Bertz CT molecular complexity index is 881. The number of benzene rings is 2. The zero-order chi connectivity index (χ0) is 21.0. The Balaban J connectivity index is 1.62. The number of amides is 2. The molecule has 2 amide bonds. The lowest BCUT2D eigenvalue weighted by atomic mass is 9.78. The second kappa shape index (κ2) is 8.72. The van der Waals surface area contributed by atoms with Crippen molar-refractivity contribution in [3.05, 3.63) is 70.3 Å². The largest absolute Gasteiger partial charge is 0.354 e. The zero-order valence-corrected chi connectivity index (χ0v) is 16.8. The van der Waals surface area contributed by atoms with Gasteiger partial charge in [0, 0.05) is 23.1 Å². The summed E-state index contributed by atoms with van der Waals surface area (Å²) in [5.41, 5.74) is 1.74. The Morgan fingerprint density at radius 3 is 2.14 bits per heavy atom. The van der Waals surface area contributed by atoms with Crippen molar-refractivity contribution in [3.8, 4) is 0 Å². The summed E-state index contributed by atoms with van der Waals surface area (Å²) < 4.78 is 28.7. The number of halogens is 2. The maximum atomic E-state index is 14.4. The van der Waals surface area contributed by atoms with Crippen molar-refractivity contribution < 1.29 is 18.4 Å². The van der Waals surface area contributed by atoms with E-state index >= 15 is 0 Å². The van der Waals surface area contributed by atoms with Gasteiger partial charge in [-0.1, -0.05) is 36.1 Å². The normalized spacial score (nSPS) is 15.2. The zero-order valence-electron chi connectivity index (χ0n) is 16.8. The van der Waals surface area contributed by atoms with Crippen LogP contribution >= 0.6 is 0 Å². The predicted octanol–water partition coefficient (Wildman–Crippen LogP) is 3.94. The predicted molar refractivity (Wildman–Crippen MR) is 108 cm³/mol. The van der Waals surface area contributed by atoms with Gasteiger partial charge >= 0.3 is 0 Å². The summed E-state index contributed by atoms with van der Waals surface area (Å²) in [5.74, 6) is -1.87. The molecular formula is C23H26F2N2O2. The van der Waals surface area contributed by atoms with Crippen LogP contribution in [0.4, 0.5) is 8.78 Å². The molecule has 1 saturated carbocycles. The van der Waals surface area contributed by atoms with E-state index in [9.17, 15) is 18.4 Å². The van der Waals surface area contributed by atoms with Crippen LogP contribution < -0.4 is 10.6 Å². The third-order valence-corrected chi connectivity index (χ3v) is 5.57. The molecule has 29 heavy (non-hydrogen) atoms. The first kappa shape index (κ1) is 21.0. The minimum Gasteiger partial charge on any atom is -0.354 e. The number of carbonyl (C=O) groups is 2. The lowest BCUT2D eigenvalue weighted by Crippen LogP contribution is -2.44. The number of nitrogens with one attached hydrogen (secondary N) is 2. The molecule has 2 aromatic carbocycles. The van der Waals surface area contributed by atoms with Gasteiger partial charge in [0.05, 0.1) is 6.54 Å². The minimum atomic E-state index is -0.747. The quantitative estimate of drug-likeness (QED) is 0.772. The van der Waals surface area contributed by atoms with E-state index in [1.807, 2.05) is 19.9 Å². The van der Waals surface area contributed by atoms with Gasteiger partial charge in [-0.25, -0.2) is 8.78 Å². The highest BCUT2D eigenvalue weighted by molar-refractivity contribution is 5.96. The highest BCUT2D eigenvalue weighted by Gasteiger charge is 2.40. The van der Waals surface area contributed by atoms with Gasteiger partial charge in [0.1, 0.15) is 11.6 Å². The van der Waals surface area contributed by atoms with Crippen LogP contribution in [0.15, 0.2) is 36.4 Å². The highest BCUT2D eigenvalue weighted by Crippen LogP contribution is 2.42. The average Bonchev–Trinajstić information content (AvgIpc) is 3.13. The minimum absolute atomic E-state index is 0.0528. The van der Waals surface area contributed by atoms with E-state index in [2.05, 4.69) is 10.6 Å². The van der Waals surface area contributed by atoms with Crippen LogP contribution in [-0.4, -0.2) is 24.9 Å². The van der Waals surface area contributed by atoms with Gasteiger partial charge < -0.3 is 10.6 Å². The molecule has 2 aromatic rings. The van der Waals surface area contributed by atoms with Gasteiger partial charge in [-0.2, -0.15) is 0 Å². The topological polar surface area (TPSA) is 58.2 Å². The number of hydrogen-bond donors (Lipinski definition) is 2. The van der Waals surface area contributed by atoms with Crippen molar-refractivity contribution in [2.75, 3.05) is 13.1 Å². The van der Waals surface area contributed by atoms with Gasteiger partial charge in [-0.15, -0.1) is 0 Å². The number of carbonyl (C=O) groups excluding carboxylic acids is 2. The molecule has 3 rings (SSSR count). The molecule has 0 bridgehead atoms. The van der Waals surface area contributed by atoms with E-state index in [1.165, 1.54) is 18.2 Å². The van der Waals surface area contributed by atoms with Crippen LogP contribution in [0.5, 0.6) is 0 Å². The van der Waals surface area contributed by atoms with Crippen molar-refractivity contribution >= 4 is 11.8 Å². The van der Waals surface area contributed by atoms with Crippen molar-refractivity contribution in [1.29, 1.82) is 0 Å². The van der Waals surface area contributed by atoms with Gasteiger partial charge in [0.2, 0.25) is 5.91 Å². The number of aryl methyl sites for hydroxylation is 2. The standard InChI is InChI=1S/C23H26F2N2O2/c1-15-10-16(2)12-17(11-15)22(29)26-13-20(28)27-14-23(8-3-4-9-23)21-18(24)6-5-7-19(21)25/h5-7,10-12H,3-4,8-9,13-14H2,1-2H3,(H,26,29)(H,27,28). The average molecular weight is 400 g/mol. The lowest BCUT2D eigenvalue weighted by Gasteiger charge is -2.30. The maximum Gasteiger partial charge on any atom is 0.251 e. The van der Waals surface area contributed by atoms with Gasteiger partial charge in [0.25, 0.3) is 5.91 Å². The van der Waals surface area contributed by atoms with E-state index in [0.717, 1.165) is 24.0 Å². The van der Waals surface area contributed by atoms with E-state index in [0.29, 0.717) is 18.4 Å². The smallest absolute Gasteiger partial charge is 0.251 e. The Morgan fingerprint density at radius 1 is 0.966 bits per heavy atom. The number of rotatable bonds is 6. The Hall–Kier alpha value is -2.76. The summed E-state index contributed by atoms with van der Waals surface area (Å²) in [6.45, 7) is 3.75. The molecule has 2 N–H and O–H groups in total. The van der Waals surface area contributed by atoms with Crippen LogP contribution in [0.1, 0.15) is 52.7 Å². The Labute approximate surface area is 169 Å². The molecule has 1 aliphatic rings. The Morgan fingerprint density at radius 2 is 1.55 bits per heavy atom. The van der Waals surface area contributed by atoms with Crippen LogP contribution in [0.3, 0.4) is 0 Å². The molecule has 0 radical (unpaired) electrons. The molecule has 0 saturated heterocycles. The third kappa shape index (κ3) is 4.81. The second-order valence-electron chi connectivity index (χ2n) is 7.92. The SMILES string of the molecule is Cc1cc(C)cc(C(=O)NCC(=O)NCC2(c3c(F)cccc3F)CCCC2)c1. The molecule has 0 atom stereocenters. The molecule has 0 spiro atoms. The fourth-order valence-corrected chi connectivity index (χ4v) is 4.27. The van der Waals surface area contributed by atoms with Crippen LogP contribution in [0.2, 0.25) is 0 Å². The highest BCUT2D eigenvalue weighted by atomic mass is 19.1. The van der Waals surface area contributed by atoms with Crippen molar-refractivity contribution in [2.45, 2.75) is 44.9 Å². The van der Waals surface area contributed by atoms with Crippen molar-refractivity contribution in [1.82, 2.24) is 10.6 Å². The fourth-order valence-electron chi connectivity index (χ4n) is 4.27. The second-order valence-corrected chi connectivity index (χ2v) is 7.92. The van der Waals surface area contributed by atoms with Gasteiger partial charge in [-0.05, 0) is 51.0 Å². The summed E-state index contributed by atoms with van der Waals surface area (Å²) in [6.07, 6.45) is 2.93. The summed E-state index contributed by atoms with van der Waals surface area (Å²) in [4.78, 5) is 24.6. The molecule has 1 fully saturated rings. The molecule has 0 aromatic heterocycles. The van der Waals surface area contributed by atoms with Gasteiger partial charge in [0.15, 0.2) is 0 Å². The molecular weight excluding hydrogens is 374 g/mol. The molecule has 154 valence electrons. The summed E-state index contributed by atoms with van der Waals surface area (Å²) in [7, 11) is 0. The molecule has 0 aliphatic heterocycles. The summed E-state index contributed by atoms with van der Waals surface area (Å²) in [5, 5.41) is 5.37. The van der Waals surface area contributed by atoms with Crippen LogP contribution in [-0.2, 0) is 10.2 Å².